The number of benzene rings is 1. The van der Waals surface area contributed by atoms with Crippen molar-refractivity contribution in [1.29, 1.82) is 5.26 Å². The van der Waals surface area contributed by atoms with Gasteiger partial charge in [-0.05, 0) is 32.4 Å². The maximum absolute atomic E-state index is 9.31. The molecule has 0 spiro atoms. The minimum absolute atomic E-state index is 0.273. The molecule has 0 bridgehead atoms. The van der Waals surface area contributed by atoms with Crippen molar-refractivity contribution >= 4 is 0 Å². The molecule has 0 saturated carbocycles. The van der Waals surface area contributed by atoms with Crippen LogP contribution >= 0.6 is 0 Å². The second kappa shape index (κ2) is 5.70. The Morgan fingerprint density at radius 1 is 1.41 bits per heavy atom. The molecule has 17 heavy (non-hydrogen) atoms. The third-order valence-corrected chi connectivity index (χ3v) is 2.59. The number of ether oxygens (including phenoxy) is 1. The molecule has 1 unspecified atom stereocenters. The van der Waals surface area contributed by atoms with Crippen molar-refractivity contribution in [2.45, 2.75) is 38.8 Å². The van der Waals surface area contributed by atoms with Crippen LogP contribution in [0.1, 0.15) is 26.3 Å². The van der Waals surface area contributed by atoms with Crippen molar-refractivity contribution in [3.63, 3.8) is 0 Å². The first-order chi connectivity index (χ1) is 8.00. The average Bonchev–Trinajstić information content (AvgIpc) is 2.28. The average molecular weight is 232 g/mol. The normalized spacial score (nSPS) is 14.1. The van der Waals surface area contributed by atoms with Crippen LogP contribution in [0.25, 0.3) is 0 Å². The maximum Gasteiger partial charge on any atom is 0.122 e. The number of nitrogens with one attached hydrogen (secondary N) is 1. The summed E-state index contributed by atoms with van der Waals surface area (Å²) in [6.45, 7) is 6.00. The van der Waals surface area contributed by atoms with Gasteiger partial charge in [-0.1, -0.05) is 18.2 Å². The van der Waals surface area contributed by atoms with E-state index in [2.05, 4.69) is 11.4 Å². The molecule has 3 heteroatoms. The number of hydrogen-bond donors (Lipinski definition) is 1. The Hall–Kier alpha value is -1.53. The van der Waals surface area contributed by atoms with E-state index in [9.17, 15) is 5.26 Å². The van der Waals surface area contributed by atoms with Crippen molar-refractivity contribution < 1.29 is 4.74 Å². The van der Waals surface area contributed by atoms with Crippen LogP contribution in [0.15, 0.2) is 24.3 Å². The summed E-state index contributed by atoms with van der Waals surface area (Å²) in [5, 5.41) is 12.6. The first kappa shape index (κ1) is 13.5. The van der Waals surface area contributed by atoms with E-state index in [-0.39, 0.29) is 6.04 Å². The standard InChI is InChI=1S/C14H20N2O/c1-11(2)16-14(3,10-15)9-12-7-5-6-8-13(12)17-4/h5-8,11,16H,9H2,1-4H3. The molecule has 0 aromatic heterocycles. The van der Waals surface area contributed by atoms with Gasteiger partial charge in [0.1, 0.15) is 11.3 Å². The molecule has 0 radical (unpaired) electrons. The van der Waals surface area contributed by atoms with Crippen LogP contribution in [0.4, 0.5) is 0 Å². The molecule has 1 aromatic carbocycles. The van der Waals surface area contributed by atoms with Crippen molar-refractivity contribution in [2.75, 3.05) is 7.11 Å². The lowest BCUT2D eigenvalue weighted by Crippen LogP contribution is -2.46. The van der Waals surface area contributed by atoms with Gasteiger partial charge in [-0.2, -0.15) is 5.26 Å². The lowest BCUT2D eigenvalue weighted by Gasteiger charge is -2.26. The number of rotatable bonds is 5. The summed E-state index contributed by atoms with van der Waals surface area (Å²) in [7, 11) is 1.65. The minimum atomic E-state index is -0.567. The van der Waals surface area contributed by atoms with Crippen LogP contribution in [-0.4, -0.2) is 18.7 Å². The predicted octanol–water partition coefficient (Wildman–Crippen LogP) is 2.52. The summed E-state index contributed by atoms with van der Waals surface area (Å²) in [6, 6.07) is 10.4. The van der Waals surface area contributed by atoms with Gasteiger partial charge < -0.3 is 4.74 Å². The SMILES string of the molecule is COc1ccccc1CC(C)(C#N)NC(C)C. The molecule has 3 nitrogen and oxygen atoms in total. The van der Waals surface area contributed by atoms with Gasteiger partial charge in [0, 0.05) is 12.5 Å². The third kappa shape index (κ3) is 3.76. The monoisotopic (exact) mass is 232 g/mol. The van der Waals surface area contributed by atoms with Crippen LogP contribution in [0.5, 0.6) is 5.75 Å². The fraction of sp³-hybridized carbons (Fsp3) is 0.500. The summed E-state index contributed by atoms with van der Waals surface area (Å²) in [6.07, 6.45) is 0.631. The number of para-hydroxylation sites is 1. The summed E-state index contributed by atoms with van der Waals surface area (Å²) in [5.74, 6) is 0.833. The zero-order chi connectivity index (χ0) is 12.9. The van der Waals surface area contributed by atoms with E-state index in [4.69, 9.17) is 4.74 Å². The zero-order valence-corrected chi connectivity index (χ0v) is 10.9. The second-order valence-electron chi connectivity index (χ2n) is 4.73. The molecule has 1 aromatic rings. The quantitative estimate of drug-likeness (QED) is 0.848. The fourth-order valence-corrected chi connectivity index (χ4v) is 1.99. The van der Waals surface area contributed by atoms with Crippen LogP contribution < -0.4 is 10.1 Å². The molecular formula is C14H20N2O. The van der Waals surface area contributed by atoms with Gasteiger partial charge >= 0.3 is 0 Å². The highest BCUT2D eigenvalue weighted by Crippen LogP contribution is 2.22. The third-order valence-electron chi connectivity index (χ3n) is 2.59. The van der Waals surface area contributed by atoms with E-state index in [1.807, 2.05) is 45.0 Å². The van der Waals surface area contributed by atoms with E-state index in [1.54, 1.807) is 7.11 Å². The summed E-state index contributed by atoms with van der Waals surface area (Å²) in [4.78, 5) is 0. The molecule has 92 valence electrons. The highest BCUT2D eigenvalue weighted by molar-refractivity contribution is 5.35. The predicted molar refractivity (Wildman–Crippen MR) is 69.0 cm³/mol. The summed E-state index contributed by atoms with van der Waals surface area (Å²) < 4.78 is 5.30. The van der Waals surface area contributed by atoms with Gasteiger partial charge in [0.15, 0.2) is 0 Å². The number of nitrogens with zero attached hydrogens (tertiary/aromatic N) is 1. The Morgan fingerprint density at radius 2 is 2.06 bits per heavy atom. The molecule has 1 atom stereocenters. The Labute approximate surface area is 103 Å². The van der Waals surface area contributed by atoms with E-state index >= 15 is 0 Å². The smallest absolute Gasteiger partial charge is 0.122 e. The van der Waals surface area contributed by atoms with Crippen LogP contribution in [0.2, 0.25) is 0 Å². The topological polar surface area (TPSA) is 45.0 Å². The lowest BCUT2D eigenvalue weighted by molar-refractivity contribution is 0.381. The highest BCUT2D eigenvalue weighted by atomic mass is 16.5. The van der Waals surface area contributed by atoms with E-state index in [1.165, 1.54) is 0 Å². The van der Waals surface area contributed by atoms with Gasteiger partial charge in [0.2, 0.25) is 0 Å². The summed E-state index contributed by atoms with van der Waals surface area (Å²) >= 11 is 0. The minimum Gasteiger partial charge on any atom is -0.496 e. The van der Waals surface area contributed by atoms with Gasteiger partial charge in [0.05, 0.1) is 13.2 Å². The van der Waals surface area contributed by atoms with Gasteiger partial charge in [0.25, 0.3) is 0 Å². The molecule has 0 aliphatic rings. The first-order valence-electron chi connectivity index (χ1n) is 5.81. The molecule has 0 fully saturated rings. The second-order valence-corrected chi connectivity index (χ2v) is 4.73. The first-order valence-corrected chi connectivity index (χ1v) is 5.81. The van der Waals surface area contributed by atoms with Crippen LogP contribution in [0, 0.1) is 11.3 Å². The number of hydrogen-bond acceptors (Lipinski definition) is 3. The molecule has 0 heterocycles. The van der Waals surface area contributed by atoms with Crippen LogP contribution in [0.3, 0.4) is 0 Å². The molecular weight excluding hydrogens is 212 g/mol. The Morgan fingerprint density at radius 3 is 2.59 bits per heavy atom. The molecule has 0 aliphatic heterocycles. The maximum atomic E-state index is 9.31. The largest absolute Gasteiger partial charge is 0.496 e. The van der Waals surface area contributed by atoms with Crippen LogP contribution in [-0.2, 0) is 6.42 Å². The molecule has 1 N–H and O–H groups in total. The van der Waals surface area contributed by atoms with Gasteiger partial charge in [-0.25, -0.2) is 0 Å². The van der Waals surface area contributed by atoms with Crippen molar-refractivity contribution in [3.8, 4) is 11.8 Å². The summed E-state index contributed by atoms with van der Waals surface area (Å²) in [5.41, 5.74) is 0.482. The number of methoxy groups -OCH3 is 1. The molecule has 0 aliphatic carbocycles. The van der Waals surface area contributed by atoms with E-state index in [0.29, 0.717) is 6.42 Å². The number of nitriles is 1. The van der Waals surface area contributed by atoms with E-state index in [0.717, 1.165) is 11.3 Å². The molecule has 0 amide bonds. The van der Waals surface area contributed by atoms with Crippen molar-refractivity contribution in [2.24, 2.45) is 0 Å². The van der Waals surface area contributed by atoms with Gasteiger partial charge in [-0.15, -0.1) is 0 Å². The molecule has 0 saturated heterocycles. The Kier molecular flexibility index (Phi) is 4.53. The highest BCUT2D eigenvalue weighted by Gasteiger charge is 2.26. The zero-order valence-electron chi connectivity index (χ0n) is 10.9. The Balaban J connectivity index is 2.91. The Bertz CT molecular complexity index is 409. The van der Waals surface area contributed by atoms with Gasteiger partial charge in [-0.3, -0.25) is 5.32 Å². The fourth-order valence-electron chi connectivity index (χ4n) is 1.99. The lowest BCUT2D eigenvalue weighted by atomic mass is 9.93. The molecule has 1 rings (SSSR count). The van der Waals surface area contributed by atoms with E-state index < -0.39 is 5.54 Å². The van der Waals surface area contributed by atoms with Crippen molar-refractivity contribution in [1.82, 2.24) is 5.32 Å². The van der Waals surface area contributed by atoms with Crippen molar-refractivity contribution in [3.05, 3.63) is 29.8 Å².